The van der Waals surface area contributed by atoms with Gasteiger partial charge in [0, 0.05) is 12.1 Å². The molecule has 0 fully saturated rings. The number of benzene rings is 3. The first-order valence-corrected chi connectivity index (χ1v) is 14.9. The molecule has 6 N–H and O–H groups in total. The second kappa shape index (κ2) is 15.5. The Morgan fingerprint density at radius 3 is 2.24 bits per heavy atom. The molecule has 3 aromatic carbocycles. The van der Waals surface area contributed by atoms with Gasteiger partial charge in [-0.3, -0.25) is 15.0 Å². The molecule has 0 saturated carbocycles. The number of nitrogens with two attached hydrogens (primary N) is 1. The van der Waals surface area contributed by atoms with Gasteiger partial charge in [0.15, 0.2) is 0 Å². The maximum Gasteiger partial charge on any atom is 0.337 e. The molecule has 0 bridgehead atoms. The molecule has 42 heavy (non-hydrogen) atoms. The van der Waals surface area contributed by atoms with Gasteiger partial charge in [0.1, 0.15) is 11.9 Å². The first-order chi connectivity index (χ1) is 20.1. The number of aryl methyl sites for hydroxylation is 1. The van der Waals surface area contributed by atoms with Crippen LogP contribution in [0.2, 0.25) is 0 Å². The van der Waals surface area contributed by atoms with Gasteiger partial charge < -0.3 is 21.1 Å². The number of ether oxygens (including phenoxy) is 1. The van der Waals surface area contributed by atoms with Gasteiger partial charge in [-0.2, -0.15) is 0 Å². The predicted octanol–water partition coefficient (Wildman–Crippen LogP) is 2.00. The number of hydrogen-bond acceptors (Lipinski definition) is 7. The van der Waals surface area contributed by atoms with Crippen molar-refractivity contribution < 1.29 is 27.5 Å². The van der Waals surface area contributed by atoms with Crippen molar-refractivity contribution >= 4 is 33.6 Å². The number of rotatable bonds is 15. The topological polar surface area (TPSA) is 181 Å². The van der Waals surface area contributed by atoms with Gasteiger partial charge in [0.05, 0.1) is 25.0 Å². The van der Waals surface area contributed by atoms with Crippen LogP contribution in [-0.4, -0.2) is 51.7 Å². The molecule has 3 rings (SSSR count). The number of nitrogens with one attached hydrogen (secondary N) is 4. The first kappa shape index (κ1) is 32.0. The van der Waals surface area contributed by atoms with Crippen LogP contribution in [-0.2, 0) is 43.1 Å². The lowest BCUT2D eigenvalue weighted by Crippen LogP contribution is -2.49. The summed E-state index contributed by atoms with van der Waals surface area (Å²) >= 11 is 0. The maximum absolute atomic E-state index is 13.1. The molecule has 0 heterocycles. The van der Waals surface area contributed by atoms with Crippen molar-refractivity contribution in [2.24, 2.45) is 5.73 Å². The summed E-state index contributed by atoms with van der Waals surface area (Å²) in [5, 5.41) is 12.7. The SMILES string of the molecule is COC(=O)c1cccc(CS(=O)(=O)N[C@H](CCCc2ccccc2)C(=O)NCC(=O)NCc2ccc(C(=N)N)cc2)c1. The van der Waals surface area contributed by atoms with Crippen molar-refractivity contribution in [2.45, 2.75) is 37.6 Å². The molecule has 0 aliphatic carbocycles. The second-order valence-electron chi connectivity index (χ2n) is 9.60. The van der Waals surface area contributed by atoms with E-state index in [0.717, 1.165) is 11.1 Å². The summed E-state index contributed by atoms with van der Waals surface area (Å²) < 4.78 is 33.3. The molecular formula is C30H35N5O6S. The van der Waals surface area contributed by atoms with Gasteiger partial charge in [-0.25, -0.2) is 17.9 Å². The first-order valence-electron chi connectivity index (χ1n) is 13.2. The van der Waals surface area contributed by atoms with E-state index < -0.39 is 39.6 Å². The zero-order valence-corrected chi connectivity index (χ0v) is 24.1. The summed E-state index contributed by atoms with van der Waals surface area (Å²) in [5.74, 6) is -2.19. The van der Waals surface area contributed by atoms with Crippen molar-refractivity contribution in [1.82, 2.24) is 15.4 Å². The Bertz CT molecular complexity index is 1490. The minimum absolute atomic E-state index is 0.0584. The van der Waals surface area contributed by atoms with Crippen LogP contribution in [0.4, 0.5) is 0 Å². The summed E-state index contributed by atoms with van der Waals surface area (Å²) in [4.78, 5) is 37.3. The van der Waals surface area contributed by atoms with E-state index in [1.165, 1.54) is 19.2 Å². The fourth-order valence-corrected chi connectivity index (χ4v) is 5.50. The van der Waals surface area contributed by atoms with Crippen LogP contribution in [0.5, 0.6) is 0 Å². The van der Waals surface area contributed by atoms with Crippen LogP contribution >= 0.6 is 0 Å². The number of esters is 1. The Morgan fingerprint density at radius 1 is 0.881 bits per heavy atom. The standard InChI is InChI=1S/C30H35N5O6S/c1-41-30(38)25-11-5-10-23(17-25)20-42(39,40)35-26(12-6-9-21-7-3-2-4-8-21)29(37)34-19-27(36)33-18-22-13-15-24(16-14-22)28(31)32/h2-5,7-8,10-11,13-17,26,35H,6,9,12,18-20H2,1H3,(H3,31,32)(H,33,36)(H,34,37)/t26-/m1/s1. The molecule has 0 radical (unpaired) electrons. The molecule has 3 aromatic rings. The largest absolute Gasteiger partial charge is 0.465 e. The van der Waals surface area contributed by atoms with Crippen molar-refractivity contribution in [3.63, 3.8) is 0 Å². The van der Waals surface area contributed by atoms with Crippen molar-refractivity contribution in [3.05, 3.63) is 107 Å². The van der Waals surface area contributed by atoms with Gasteiger partial charge in [0.25, 0.3) is 0 Å². The normalized spacial score (nSPS) is 11.7. The molecule has 0 saturated heterocycles. The van der Waals surface area contributed by atoms with Crippen LogP contribution < -0.4 is 21.1 Å². The summed E-state index contributed by atoms with van der Waals surface area (Å²) in [7, 11) is -2.77. The molecule has 1 atom stereocenters. The number of amidine groups is 1. The van der Waals surface area contributed by atoms with Gasteiger partial charge >= 0.3 is 5.97 Å². The fraction of sp³-hybridized carbons (Fsp3) is 0.267. The number of hydrogen-bond donors (Lipinski definition) is 5. The van der Waals surface area contributed by atoms with E-state index in [4.69, 9.17) is 15.9 Å². The molecular weight excluding hydrogens is 558 g/mol. The van der Waals surface area contributed by atoms with Crippen LogP contribution in [0.15, 0.2) is 78.9 Å². The molecule has 0 aliphatic rings. The third-order valence-electron chi connectivity index (χ3n) is 6.32. The summed E-state index contributed by atoms with van der Waals surface area (Å²) in [6, 6.07) is 21.3. The van der Waals surface area contributed by atoms with Crippen LogP contribution in [0.3, 0.4) is 0 Å². The molecule has 12 heteroatoms. The summed E-state index contributed by atoms with van der Waals surface area (Å²) in [6.07, 6.45) is 1.35. The van der Waals surface area contributed by atoms with Crippen molar-refractivity contribution in [2.75, 3.05) is 13.7 Å². The number of carbonyl (C=O) groups is 3. The van der Waals surface area contributed by atoms with E-state index in [0.29, 0.717) is 24.0 Å². The molecule has 222 valence electrons. The quantitative estimate of drug-likeness (QED) is 0.101. The Balaban J connectivity index is 1.61. The number of methoxy groups -OCH3 is 1. The smallest absolute Gasteiger partial charge is 0.337 e. The van der Waals surface area contributed by atoms with Crippen molar-refractivity contribution in [3.8, 4) is 0 Å². The van der Waals surface area contributed by atoms with E-state index in [2.05, 4.69) is 15.4 Å². The fourth-order valence-electron chi connectivity index (χ4n) is 4.14. The number of carbonyl (C=O) groups excluding carboxylic acids is 3. The third-order valence-corrected chi connectivity index (χ3v) is 7.68. The molecule has 0 aliphatic heterocycles. The molecule has 0 aromatic heterocycles. The zero-order valence-electron chi connectivity index (χ0n) is 23.3. The highest BCUT2D eigenvalue weighted by atomic mass is 32.2. The van der Waals surface area contributed by atoms with E-state index in [1.54, 1.807) is 36.4 Å². The van der Waals surface area contributed by atoms with Crippen LogP contribution in [0.1, 0.15) is 45.5 Å². The number of nitrogen functional groups attached to an aromatic ring is 1. The van der Waals surface area contributed by atoms with E-state index in [-0.39, 0.29) is 30.9 Å². The summed E-state index contributed by atoms with van der Waals surface area (Å²) in [6.45, 7) is -0.146. The van der Waals surface area contributed by atoms with E-state index in [1.807, 2.05) is 30.3 Å². The molecule has 0 unspecified atom stereocenters. The van der Waals surface area contributed by atoms with Gasteiger partial charge in [-0.05, 0) is 48.1 Å². The van der Waals surface area contributed by atoms with Gasteiger partial charge in [-0.1, -0.05) is 66.7 Å². The molecule has 11 nitrogen and oxygen atoms in total. The van der Waals surface area contributed by atoms with E-state index >= 15 is 0 Å². The molecule has 2 amide bonds. The van der Waals surface area contributed by atoms with Crippen molar-refractivity contribution in [1.29, 1.82) is 5.41 Å². The minimum Gasteiger partial charge on any atom is -0.465 e. The zero-order chi connectivity index (χ0) is 30.5. The van der Waals surface area contributed by atoms with Gasteiger partial charge in [0.2, 0.25) is 21.8 Å². The monoisotopic (exact) mass is 593 g/mol. The number of amides is 2. The summed E-state index contributed by atoms with van der Waals surface area (Å²) in [5.41, 5.74) is 8.41. The number of sulfonamides is 1. The van der Waals surface area contributed by atoms with E-state index in [9.17, 15) is 22.8 Å². The predicted molar refractivity (Wildman–Crippen MR) is 159 cm³/mol. The van der Waals surface area contributed by atoms with Crippen LogP contribution in [0, 0.1) is 5.41 Å². The average molecular weight is 594 g/mol. The Labute approximate surface area is 245 Å². The highest BCUT2D eigenvalue weighted by Crippen LogP contribution is 2.13. The Morgan fingerprint density at radius 2 is 1.57 bits per heavy atom. The molecule has 0 spiro atoms. The minimum atomic E-state index is -4.01. The average Bonchev–Trinajstić information content (AvgIpc) is 2.98. The highest BCUT2D eigenvalue weighted by Gasteiger charge is 2.25. The van der Waals surface area contributed by atoms with Gasteiger partial charge in [-0.15, -0.1) is 0 Å². The Kier molecular flexibility index (Phi) is 11.8. The third kappa shape index (κ3) is 10.5. The lowest BCUT2D eigenvalue weighted by Gasteiger charge is -2.19. The lowest BCUT2D eigenvalue weighted by atomic mass is 10.0. The highest BCUT2D eigenvalue weighted by molar-refractivity contribution is 7.88. The lowest BCUT2D eigenvalue weighted by molar-refractivity contribution is -0.127. The maximum atomic E-state index is 13.1. The Hall–Kier alpha value is -4.55. The van der Waals surface area contributed by atoms with Crippen LogP contribution in [0.25, 0.3) is 0 Å². The second-order valence-corrected chi connectivity index (χ2v) is 11.4.